The minimum Gasteiger partial charge on any atom is -0.396 e. The molecule has 1 atom stereocenters. The molecule has 2 N–H and O–H groups in total. The third kappa shape index (κ3) is 8.47. The first kappa shape index (κ1) is 11.6. The third-order valence-corrected chi connectivity index (χ3v) is 1.27. The van der Waals surface area contributed by atoms with Gasteiger partial charge in [-0.25, -0.2) is 0 Å². The van der Waals surface area contributed by atoms with E-state index >= 15 is 0 Å². The molecule has 0 saturated carbocycles. The molecule has 0 aliphatic rings. The molecular formula is C11H12O2. The van der Waals surface area contributed by atoms with Crippen LogP contribution in [0.15, 0.2) is 17.9 Å². The van der Waals surface area contributed by atoms with Crippen LogP contribution in [0.4, 0.5) is 0 Å². The molecule has 0 rings (SSSR count). The number of aliphatic hydroxyl groups excluding tert-OH is 2. The standard InChI is InChI=1S/C11H12O2/c1-2-3-4-5-6-7-8-11(13)9-10-12/h1,5,7,11-13H,8-10H2. The van der Waals surface area contributed by atoms with E-state index in [1.807, 2.05) is 0 Å². The van der Waals surface area contributed by atoms with E-state index in [4.69, 9.17) is 16.6 Å². The molecule has 0 fully saturated rings. The van der Waals surface area contributed by atoms with E-state index in [2.05, 4.69) is 23.5 Å². The fourth-order valence-corrected chi connectivity index (χ4v) is 0.649. The Bertz CT molecular complexity index is 279. The molecule has 0 radical (unpaired) electrons. The number of terminal acetylenes is 1. The molecule has 68 valence electrons. The number of hydrogen-bond donors (Lipinski definition) is 2. The molecule has 13 heavy (non-hydrogen) atoms. The smallest absolute Gasteiger partial charge is 0.0602 e. The van der Waals surface area contributed by atoms with Crippen molar-refractivity contribution in [3.63, 3.8) is 0 Å². The lowest BCUT2D eigenvalue weighted by Gasteiger charge is -2.02. The summed E-state index contributed by atoms with van der Waals surface area (Å²) in [6.07, 6.45) is 8.37. The maximum Gasteiger partial charge on any atom is 0.0602 e. The summed E-state index contributed by atoms with van der Waals surface area (Å²) in [4.78, 5) is 0. The van der Waals surface area contributed by atoms with Crippen LogP contribution in [-0.4, -0.2) is 22.9 Å². The Balaban J connectivity index is 3.75. The van der Waals surface area contributed by atoms with Gasteiger partial charge in [0.1, 0.15) is 0 Å². The van der Waals surface area contributed by atoms with Crippen molar-refractivity contribution >= 4 is 0 Å². The summed E-state index contributed by atoms with van der Waals surface area (Å²) in [5.74, 6) is 7.11. The number of aliphatic hydroxyl groups is 2. The Morgan fingerprint density at radius 2 is 2.23 bits per heavy atom. The predicted octanol–water partition coefficient (Wildman–Crippen LogP) is 0.468. The molecule has 2 heteroatoms. The third-order valence-electron chi connectivity index (χ3n) is 1.27. The molecule has 0 amide bonds. The van der Waals surface area contributed by atoms with Crippen molar-refractivity contribution in [3.05, 3.63) is 17.9 Å². The minimum absolute atomic E-state index is 0.00435. The zero-order valence-corrected chi connectivity index (χ0v) is 7.33. The first-order valence-corrected chi connectivity index (χ1v) is 3.95. The summed E-state index contributed by atoms with van der Waals surface area (Å²) < 4.78 is 0. The van der Waals surface area contributed by atoms with Crippen molar-refractivity contribution in [2.45, 2.75) is 18.9 Å². The quantitative estimate of drug-likeness (QED) is 0.483. The van der Waals surface area contributed by atoms with E-state index in [9.17, 15) is 0 Å². The zero-order chi connectivity index (χ0) is 9.94. The molecule has 1 unspecified atom stereocenters. The first-order valence-electron chi connectivity index (χ1n) is 3.95. The van der Waals surface area contributed by atoms with Gasteiger partial charge in [-0.3, -0.25) is 0 Å². The molecule has 0 heterocycles. The Labute approximate surface area is 78.6 Å². The van der Waals surface area contributed by atoms with E-state index in [0.717, 1.165) is 0 Å². The Kier molecular flexibility index (Phi) is 7.70. The van der Waals surface area contributed by atoms with Gasteiger partial charge in [0.25, 0.3) is 0 Å². The molecule has 0 spiro atoms. The largest absolute Gasteiger partial charge is 0.396 e. The molecule has 0 aliphatic carbocycles. The molecule has 0 bridgehead atoms. The summed E-state index contributed by atoms with van der Waals surface area (Å²) in [5.41, 5.74) is 2.75. The summed E-state index contributed by atoms with van der Waals surface area (Å²) >= 11 is 0. The molecule has 0 aromatic carbocycles. The van der Waals surface area contributed by atoms with Gasteiger partial charge in [-0.15, -0.1) is 12.2 Å². The predicted molar refractivity (Wildman–Crippen MR) is 51.6 cm³/mol. The topological polar surface area (TPSA) is 40.5 Å². The SMILES string of the molecule is C#CC#CC=C=CCC(O)CCO. The first-order chi connectivity index (χ1) is 6.31. The van der Waals surface area contributed by atoms with E-state index in [1.54, 1.807) is 6.08 Å². The van der Waals surface area contributed by atoms with Crippen molar-refractivity contribution in [2.75, 3.05) is 6.61 Å². The van der Waals surface area contributed by atoms with Crippen LogP contribution in [-0.2, 0) is 0 Å². The number of rotatable bonds is 4. The van der Waals surface area contributed by atoms with E-state index in [0.29, 0.717) is 12.8 Å². The van der Waals surface area contributed by atoms with Gasteiger partial charge in [0.2, 0.25) is 0 Å². The van der Waals surface area contributed by atoms with Gasteiger partial charge < -0.3 is 10.2 Å². The van der Waals surface area contributed by atoms with Gasteiger partial charge in [0.05, 0.1) is 6.10 Å². The van der Waals surface area contributed by atoms with E-state index in [1.165, 1.54) is 6.08 Å². The highest BCUT2D eigenvalue weighted by atomic mass is 16.3. The summed E-state index contributed by atoms with van der Waals surface area (Å²) in [6.45, 7) is -0.00435. The van der Waals surface area contributed by atoms with Gasteiger partial charge in [0, 0.05) is 12.7 Å². The highest BCUT2D eigenvalue weighted by Gasteiger charge is 1.97. The maximum atomic E-state index is 9.14. The lowest BCUT2D eigenvalue weighted by molar-refractivity contribution is 0.135. The minimum atomic E-state index is -0.508. The average Bonchev–Trinajstić information content (AvgIpc) is 2.11. The summed E-state index contributed by atoms with van der Waals surface area (Å²) in [5, 5.41) is 17.6. The van der Waals surface area contributed by atoms with Gasteiger partial charge in [-0.2, -0.15) is 0 Å². The highest BCUT2D eigenvalue weighted by Crippen LogP contribution is 1.96. The van der Waals surface area contributed by atoms with Gasteiger partial charge in [0.15, 0.2) is 0 Å². The maximum absolute atomic E-state index is 9.14. The molecule has 0 aliphatic heterocycles. The highest BCUT2D eigenvalue weighted by molar-refractivity contribution is 5.27. The molecular weight excluding hydrogens is 164 g/mol. The fourth-order valence-electron chi connectivity index (χ4n) is 0.649. The lowest BCUT2D eigenvalue weighted by Crippen LogP contribution is -2.06. The van der Waals surface area contributed by atoms with Crippen molar-refractivity contribution in [1.82, 2.24) is 0 Å². The summed E-state index contributed by atoms with van der Waals surface area (Å²) in [6, 6.07) is 0. The fraction of sp³-hybridized carbons (Fsp3) is 0.364. The molecule has 0 saturated heterocycles. The van der Waals surface area contributed by atoms with Gasteiger partial charge in [-0.1, -0.05) is 5.92 Å². The van der Waals surface area contributed by atoms with Crippen LogP contribution >= 0.6 is 0 Å². The molecule has 2 nitrogen and oxygen atoms in total. The zero-order valence-electron chi connectivity index (χ0n) is 7.33. The lowest BCUT2D eigenvalue weighted by atomic mass is 10.2. The Morgan fingerprint density at radius 3 is 2.85 bits per heavy atom. The van der Waals surface area contributed by atoms with E-state index < -0.39 is 6.10 Å². The van der Waals surface area contributed by atoms with Gasteiger partial charge >= 0.3 is 0 Å². The van der Waals surface area contributed by atoms with Crippen LogP contribution in [0, 0.1) is 24.2 Å². The van der Waals surface area contributed by atoms with Crippen LogP contribution in [0.2, 0.25) is 0 Å². The second kappa shape index (κ2) is 8.65. The summed E-state index contributed by atoms with van der Waals surface area (Å²) in [7, 11) is 0. The molecule has 0 aromatic heterocycles. The van der Waals surface area contributed by atoms with Crippen LogP contribution in [0.3, 0.4) is 0 Å². The number of hydrogen-bond acceptors (Lipinski definition) is 2. The van der Waals surface area contributed by atoms with Crippen LogP contribution in [0.5, 0.6) is 0 Å². The Morgan fingerprint density at radius 1 is 1.46 bits per heavy atom. The second-order valence-corrected chi connectivity index (χ2v) is 2.33. The normalized spacial score (nSPS) is 9.92. The average molecular weight is 176 g/mol. The van der Waals surface area contributed by atoms with Crippen molar-refractivity contribution in [2.24, 2.45) is 0 Å². The van der Waals surface area contributed by atoms with Crippen LogP contribution < -0.4 is 0 Å². The van der Waals surface area contributed by atoms with Crippen molar-refractivity contribution < 1.29 is 10.2 Å². The molecule has 0 aromatic rings. The van der Waals surface area contributed by atoms with E-state index in [-0.39, 0.29) is 6.61 Å². The second-order valence-electron chi connectivity index (χ2n) is 2.33. The van der Waals surface area contributed by atoms with Crippen LogP contribution in [0.25, 0.3) is 0 Å². The van der Waals surface area contributed by atoms with Crippen molar-refractivity contribution in [1.29, 1.82) is 0 Å². The monoisotopic (exact) mass is 176 g/mol. The Hall–Kier alpha value is -1.44. The van der Waals surface area contributed by atoms with Crippen molar-refractivity contribution in [3.8, 4) is 24.2 Å². The van der Waals surface area contributed by atoms with Crippen LogP contribution in [0.1, 0.15) is 12.8 Å². The van der Waals surface area contributed by atoms with Gasteiger partial charge in [-0.05, 0) is 30.8 Å².